The first kappa shape index (κ1) is 21.2. The Bertz CT molecular complexity index is 958. The Balaban J connectivity index is 1.56. The molecule has 29 heavy (non-hydrogen) atoms. The van der Waals surface area contributed by atoms with Crippen LogP contribution in [0.5, 0.6) is 5.75 Å². The molecule has 0 spiro atoms. The number of nitrogens with zero attached hydrogens (tertiary/aromatic N) is 3. The molecule has 0 aliphatic rings. The molecule has 8 heteroatoms. The smallest absolute Gasteiger partial charge is 0.234 e. The zero-order chi connectivity index (χ0) is 20.8. The number of halogens is 1. The average Bonchev–Trinajstić information content (AvgIpc) is 3.09. The molecule has 1 amide bonds. The standard InChI is InChI=1S/C21H23ClN4O2S/c1-4-15-5-11-18(12-6-15)28-14(2)20-24-25-21(26(20)3)29-13-19(27)23-17-9-7-16(22)8-10-17/h5-12,14H,4,13H2,1-3H3,(H,23,27)/t14-/m1/s1. The second-order valence-electron chi connectivity index (χ2n) is 6.50. The normalized spacial score (nSPS) is 11.9. The van der Waals surface area contributed by atoms with E-state index >= 15 is 0 Å². The van der Waals surface area contributed by atoms with E-state index in [1.165, 1.54) is 17.3 Å². The summed E-state index contributed by atoms with van der Waals surface area (Å²) in [6, 6.07) is 15.0. The Hall–Kier alpha value is -2.51. The van der Waals surface area contributed by atoms with Crippen LogP contribution in [0.25, 0.3) is 0 Å². The highest BCUT2D eigenvalue weighted by atomic mass is 35.5. The molecule has 1 aromatic heterocycles. The van der Waals surface area contributed by atoms with Crippen molar-refractivity contribution in [2.24, 2.45) is 7.05 Å². The summed E-state index contributed by atoms with van der Waals surface area (Å²) in [6.07, 6.45) is 0.725. The van der Waals surface area contributed by atoms with Crippen molar-refractivity contribution in [1.82, 2.24) is 14.8 Å². The summed E-state index contributed by atoms with van der Waals surface area (Å²) < 4.78 is 7.84. The van der Waals surface area contributed by atoms with Crippen molar-refractivity contribution in [3.63, 3.8) is 0 Å². The highest BCUT2D eigenvalue weighted by molar-refractivity contribution is 7.99. The number of ether oxygens (including phenoxy) is 1. The fourth-order valence-electron chi connectivity index (χ4n) is 2.73. The number of amides is 1. The summed E-state index contributed by atoms with van der Waals surface area (Å²) >= 11 is 7.18. The van der Waals surface area contributed by atoms with Crippen molar-refractivity contribution in [2.75, 3.05) is 11.1 Å². The number of carbonyl (C=O) groups excluding carboxylic acids is 1. The van der Waals surface area contributed by atoms with E-state index in [1.807, 2.05) is 30.7 Å². The molecule has 3 rings (SSSR count). The van der Waals surface area contributed by atoms with Crippen LogP contribution in [0.4, 0.5) is 5.69 Å². The molecule has 0 saturated heterocycles. The molecule has 1 atom stereocenters. The lowest BCUT2D eigenvalue weighted by atomic mass is 10.2. The summed E-state index contributed by atoms with van der Waals surface area (Å²) in [5, 5.41) is 12.5. The van der Waals surface area contributed by atoms with E-state index < -0.39 is 0 Å². The predicted octanol–water partition coefficient (Wildman–Crippen LogP) is 4.90. The molecule has 0 bridgehead atoms. The third kappa shape index (κ3) is 5.74. The van der Waals surface area contributed by atoms with Gasteiger partial charge in [-0.1, -0.05) is 42.4 Å². The van der Waals surface area contributed by atoms with Gasteiger partial charge in [-0.25, -0.2) is 0 Å². The largest absolute Gasteiger partial charge is 0.483 e. The third-order valence-electron chi connectivity index (χ3n) is 4.34. The Labute approximate surface area is 179 Å². The maximum atomic E-state index is 12.2. The van der Waals surface area contributed by atoms with Crippen molar-refractivity contribution >= 4 is 35.0 Å². The zero-order valence-electron chi connectivity index (χ0n) is 16.6. The number of hydrogen-bond acceptors (Lipinski definition) is 5. The van der Waals surface area contributed by atoms with Gasteiger partial charge in [-0.05, 0) is 55.3 Å². The van der Waals surface area contributed by atoms with Gasteiger partial charge in [0.15, 0.2) is 17.1 Å². The van der Waals surface area contributed by atoms with Gasteiger partial charge >= 0.3 is 0 Å². The summed E-state index contributed by atoms with van der Waals surface area (Å²) in [5.74, 6) is 1.59. The van der Waals surface area contributed by atoms with Crippen molar-refractivity contribution in [2.45, 2.75) is 31.5 Å². The van der Waals surface area contributed by atoms with E-state index in [-0.39, 0.29) is 17.8 Å². The van der Waals surface area contributed by atoms with Crippen LogP contribution in [0.2, 0.25) is 5.02 Å². The van der Waals surface area contributed by atoms with Gasteiger partial charge in [0.05, 0.1) is 5.75 Å². The van der Waals surface area contributed by atoms with Crippen LogP contribution >= 0.6 is 23.4 Å². The minimum Gasteiger partial charge on any atom is -0.483 e. The number of aryl methyl sites for hydroxylation is 1. The van der Waals surface area contributed by atoms with Gasteiger partial charge in [-0.3, -0.25) is 4.79 Å². The van der Waals surface area contributed by atoms with E-state index in [0.717, 1.165) is 12.2 Å². The minimum absolute atomic E-state index is 0.123. The Kier molecular flexibility index (Phi) is 7.17. The highest BCUT2D eigenvalue weighted by Gasteiger charge is 2.18. The van der Waals surface area contributed by atoms with Crippen LogP contribution in [-0.2, 0) is 18.3 Å². The molecule has 2 aromatic carbocycles. The van der Waals surface area contributed by atoms with Gasteiger partial charge in [0.1, 0.15) is 5.75 Å². The quantitative estimate of drug-likeness (QED) is 0.514. The summed E-state index contributed by atoms with van der Waals surface area (Å²) in [5.41, 5.74) is 1.97. The van der Waals surface area contributed by atoms with Gasteiger partial charge in [-0.2, -0.15) is 0 Å². The molecule has 6 nitrogen and oxygen atoms in total. The summed E-state index contributed by atoms with van der Waals surface area (Å²) in [4.78, 5) is 12.2. The molecule has 0 saturated carbocycles. The van der Waals surface area contributed by atoms with E-state index in [9.17, 15) is 4.79 Å². The van der Waals surface area contributed by atoms with E-state index in [1.54, 1.807) is 24.3 Å². The topological polar surface area (TPSA) is 69.0 Å². The molecule has 0 aliphatic carbocycles. The molecule has 1 heterocycles. The van der Waals surface area contributed by atoms with E-state index in [4.69, 9.17) is 16.3 Å². The van der Waals surface area contributed by atoms with Crippen LogP contribution in [0.15, 0.2) is 53.7 Å². The number of hydrogen-bond donors (Lipinski definition) is 1. The van der Waals surface area contributed by atoms with Gasteiger partial charge < -0.3 is 14.6 Å². The molecule has 3 aromatic rings. The number of carbonyl (C=O) groups is 1. The lowest BCUT2D eigenvalue weighted by molar-refractivity contribution is -0.113. The lowest BCUT2D eigenvalue weighted by Gasteiger charge is -2.14. The van der Waals surface area contributed by atoms with Crippen molar-refractivity contribution in [3.8, 4) is 5.75 Å². The number of nitrogens with one attached hydrogen (secondary N) is 1. The fourth-order valence-corrected chi connectivity index (χ4v) is 3.57. The van der Waals surface area contributed by atoms with Crippen molar-refractivity contribution < 1.29 is 9.53 Å². The number of anilines is 1. The number of aromatic nitrogens is 3. The molecule has 0 radical (unpaired) electrons. The average molecular weight is 431 g/mol. The Morgan fingerprint density at radius 1 is 1.17 bits per heavy atom. The first-order chi connectivity index (χ1) is 14.0. The van der Waals surface area contributed by atoms with Gasteiger partial charge in [0.25, 0.3) is 0 Å². The maximum absolute atomic E-state index is 12.2. The Morgan fingerprint density at radius 2 is 1.86 bits per heavy atom. The predicted molar refractivity (Wildman–Crippen MR) is 117 cm³/mol. The molecular formula is C21H23ClN4O2S. The van der Waals surface area contributed by atoms with Gasteiger partial charge in [-0.15, -0.1) is 10.2 Å². The molecule has 0 unspecified atom stereocenters. The molecule has 152 valence electrons. The molecular weight excluding hydrogens is 408 g/mol. The SMILES string of the molecule is CCc1ccc(O[C@H](C)c2nnc(SCC(=O)Nc3ccc(Cl)cc3)n2C)cc1. The first-order valence-electron chi connectivity index (χ1n) is 9.29. The second kappa shape index (κ2) is 9.80. The second-order valence-corrected chi connectivity index (χ2v) is 7.88. The number of rotatable bonds is 8. The zero-order valence-corrected chi connectivity index (χ0v) is 18.1. The number of thioether (sulfide) groups is 1. The molecule has 0 fully saturated rings. The van der Waals surface area contributed by atoms with Crippen LogP contribution in [0, 0.1) is 0 Å². The third-order valence-corrected chi connectivity index (χ3v) is 5.61. The summed E-state index contributed by atoms with van der Waals surface area (Å²) in [7, 11) is 1.87. The molecule has 0 aliphatic heterocycles. The van der Waals surface area contributed by atoms with Gasteiger partial charge in [0.2, 0.25) is 5.91 Å². The fraction of sp³-hybridized carbons (Fsp3) is 0.286. The lowest BCUT2D eigenvalue weighted by Crippen LogP contribution is -2.14. The van der Waals surface area contributed by atoms with Crippen molar-refractivity contribution in [1.29, 1.82) is 0 Å². The van der Waals surface area contributed by atoms with Crippen molar-refractivity contribution in [3.05, 3.63) is 64.9 Å². The first-order valence-corrected chi connectivity index (χ1v) is 10.7. The maximum Gasteiger partial charge on any atom is 0.234 e. The monoisotopic (exact) mass is 430 g/mol. The summed E-state index contributed by atoms with van der Waals surface area (Å²) in [6.45, 7) is 4.05. The highest BCUT2D eigenvalue weighted by Crippen LogP contribution is 2.24. The van der Waals surface area contributed by atoms with Crippen LogP contribution in [-0.4, -0.2) is 26.4 Å². The number of benzene rings is 2. The van der Waals surface area contributed by atoms with Crippen LogP contribution < -0.4 is 10.1 Å². The van der Waals surface area contributed by atoms with Crippen LogP contribution in [0.1, 0.15) is 31.3 Å². The van der Waals surface area contributed by atoms with Crippen LogP contribution in [0.3, 0.4) is 0 Å². The van der Waals surface area contributed by atoms with E-state index in [0.29, 0.717) is 21.7 Å². The Morgan fingerprint density at radius 3 is 2.52 bits per heavy atom. The molecule has 1 N–H and O–H groups in total. The van der Waals surface area contributed by atoms with E-state index in [2.05, 4.69) is 34.6 Å². The minimum atomic E-state index is -0.266. The van der Waals surface area contributed by atoms with Gasteiger partial charge in [0, 0.05) is 17.8 Å².